The number of carbonyl (C=O) groups is 1. The summed E-state index contributed by atoms with van der Waals surface area (Å²) in [6, 6.07) is 10.0. The van der Waals surface area contributed by atoms with Crippen LogP contribution in [0.2, 0.25) is 5.02 Å². The van der Waals surface area contributed by atoms with Gasteiger partial charge < -0.3 is 10.6 Å². The minimum atomic E-state index is -0.590. The highest BCUT2D eigenvalue weighted by molar-refractivity contribution is 6.30. The smallest absolute Gasteiger partial charge is 0.315 e. The van der Waals surface area contributed by atoms with Gasteiger partial charge in [0.25, 0.3) is 0 Å². The quantitative estimate of drug-likeness (QED) is 0.361. The number of carbonyl (C=O) groups excluding carboxylic acids is 1. The summed E-state index contributed by atoms with van der Waals surface area (Å²) in [5.41, 5.74) is 1.44. The minimum absolute atomic E-state index is 0.00732. The number of rotatable bonds is 6. The molecule has 0 unspecified atom stereocenters. The summed E-state index contributed by atoms with van der Waals surface area (Å²) >= 11 is 5.76. The number of fused-ring (bicyclic) bond motifs is 1. The number of benzene rings is 2. The van der Waals surface area contributed by atoms with Gasteiger partial charge in [-0.1, -0.05) is 17.7 Å². The number of aromatic nitrogens is 7. The van der Waals surface area contributed by atoms with Crippen molar-refractivity contribution >= 4 is 28.5 Å². The van der Waals surface area contributed by atoms with Crippen molar-refractivity contribution in [3.05, 3.63) is 89.1 Å². The van der Waals surface area contributed by atoms with E-state index in [1.54, 1.807) is 37.4 Å². The van der Waals surface area contributed by atoms with Crippen molar-refractivity contribution < 1.29 is 13.6 Å². The van der Waals surface area contributed by atoms with E-state index in [1.807, 2.05) is 0 Å². The number of pyridine rings is 1. The number of nitrogens with zero attached hydrogens (tertiary/aromatic N) is 7. The molecular weight excluding hydrogens is 492 g/mol. The number of amides is 2. The van der Waals surface area contributed by atoms with E-state index < -0.39 is 17.7 Å². The zero-order valence-corrected chi connectivity index (χ0v) is 19.5. The number of aryl methyl sites for hydroxylation is 1. The Balaban J connectivity index is 1.25. The van der Waals surface area contributed by atoms with Crippen molar-refractivity contribution in [2.24, 2.45) is 0 Å². The first-order valence-corrected chi connectivity index (χ1v) is 11.1. The second-order valence-electron chi connectivity index (χ2n) is 7.71. The van der Waals surface area contributed by atoms with E-state index >= 15 is 0 Å². The monoisotopic (exact) mass is 509 g/mol. The van der Waals surface area contributed by atoms with Crippen LogP contribution in [0.15, 0.2) is 55.0 Å². The molecule has 5 aromatic rings. The first-order valence-electron chi connectivity index (χ1n) is 10.7. The third-order valence-corrected chi connectivity index (χ3v) is 5.57. The molecule has 2 N–H and O–H groups in total. The van der Waals surface area contributed by atoms with Crippen LogP contribution in [0.1, 0.15) is 17.5 Å². The summed E-state index contributed by atoms with van der Waals surface area (Å²) in [5.74, 6) is 0.282. The predicted molar refractivity (Wildman–Crippen MR) is 127 cm³/mol. The molecule has 10 nitrogen and oxygen atoms in total. The van der Waals surface area contributed by atoms with Crippen LogP contribution in [0.5, 0.6) is 0 Å². The summed E-state index contributed by atoms with van der Waals surface area (Å²) in [6.07, 6.45) is 2.88. The van der Waals surface area contributed by atoms with Gasteiger partial charge in [-0.15, -0.1) is 0 Å². The van der Waals surface area contributed by atoms with E-state index in [1.165, 1.54) is 33.9 Å². The van der Waals surface area contributed by atoms with Crippen LogP contribution in [0.3, 0.4) is 0 Å². The number of hydrogen-bond donors (Lipinski definition) is 2. The van der Waals surface area contributed by atoms with Crippen molar-refractivity contribution in [3.8, 4) is 11.4 Å². The highest BCUT2D eigenvalue weighted by Gasteiger charge is 2.14. The van der Waals surface area contributed by atoms with E-state index in [4.69, 9.17) is 11.6 Å². The van der Waals surface area contributed by atoms with E-state index in [2.05, 4.69) is 35.8 Å². The average Bonchev–Trinajstić information content (AvgIpc) is 3.49. The summed E-state index contributed by atoms with van der Waals surface area (Å²) < 4.78 is 31.0. The molecule has 0 aliphatic carbocycles. The second kappa shape index (κ2) is 9.66. The molecule has 182 valence electrons. The number of hydrogen-bond acceptors (Lipinski definition) is 6. The van der Waals surface area contributed by atoms with Gasteiger partial charge in [0.2, 0.25) is 0 Å². The van der Waals surface area contributed by atoms with Crippen molar-refractivity contribution in [3.63, 3.8) is 0 Å². The van der Waals surface area contributed by atoms with E-state index in [-0.39, 0.29) is 18.1 Å². The zero-order chi connectivity index (χ0) is 25.2. The molecule has 3 aromatic heterocycles. The van der Waals surface area contributed by atoms with Gasteiger partial charge in [-0.05, 0) is 37.3 Å². The molecule has 0 aliphatic rings. The molecule has 2 aromatic carbocycles. The Hall–Kier alpha value is -4.45. The highest BCUT2D eigenvalue weighted by atomic mass is 35.5. The molecule has 36 heavy (non-hydrogen) atoms. The largest absolute Gasteiger partial charge is 0.331 e. The predicted octanol–water partition coefficient (Wildman–Crippen LogP) is 3.64. The first kappa shape index (κ1) is 23.3. The minimum Gasteiger partial charge on any atom is -0.331 e. The molecule has 0 radical (unpaired) electrons. The van der Waals surface area contributed by atoms with Crippen LogP contribution in [0, 0.1) is 18.6 Å². The highest BCUT2D eigenvalue weighted by Crippen LogP contribution is 2.20. The summed E-state index contributed by atoms with van der Waals surface area (Å²) in [5, 5.41) is 14.1. The van der Waals surface area contributed by atoms with Gasteiger partial charge in [0.05, 0.1) is 41.2 Å². The fourth-order valence-corrected chi connectivity index (χ4v) is 3.72. The number of urea groups is 1. The van der Waals surface area contributed by atoms with Crippen LogP contribution in [0.4, 0.5) is 13.6 Å². The van der Waals surface area contributed by atoms with Crippen molar-refractivity contribution in [2.75, 3.05) is 0 Å². The molecule has 0 aliphatic heterocycles. The van der Waals surface area contributed by atoms with Gasteiger partial charge >= 0.3 is 6.03 Å². The van der Waals surface area contributed by atoms with E-state index in [0.29, 0.717) is 39.8 Å². The molecule has 0 bridgehead atoms. The van der Waals surface area contributed by atoms with E-state index in [0.717, 1.165) is 0 Å². The lowest BCUT2D eigenvalue weighted by Gasteiger charge is -2.10. The molecule has 13 heteroatoms. The Bertz CT molecular complexity index is 1580. The number of halogens is 3. The molecular formula is C23H18ClF2N9O. The summed E-state index contributed by atoms with van der Waals surface area (Å²) in [4.78, 5) is 25.2. The maximum absolute atomic E-state index is 14.2. The Morgan fingerprint density at radius 2 is 1.78 bits per heavy atom. The Morgan fingerprint density at radius 1 is 0.972 bits per heavy atom. The lowest BCUT2D eigenvalue weighted by Crippen LogP contribution is -2.36. The van der Waals surface area contributed by atoms with Gasteiger partial charge in [0.15, 0.2) is 11.6 Å². The maximum Gasteiger partial charge on any atom is 0.315 e. The SMILES string of the molecule is Cc1nc(CNC(=O)NCc2ncnn2-c2cnc3cccc(F)c3c2)n(-c2ccc(Cl)c(F)c2)n1. The fraction of sp³-hybridized carbons (Fsp3) is 0.130. The maximum atomic E-state index is 14.2. The average molecular weight is 510 g/mol. The van der Waals surface area contributed by atoms with Gasteiger partial charge in [0.1, 0.15) is 23.8 Å². The fourth-order valence-electron chi connectivity index (χ4n) is 3.60. The van der Waals surface area contributed by atoms with Crippen molar-refractivity contribution in [2.45, 2.75) is 20.0 Å². The molecule has 0 saturated heterocycles. The third kappa shape index (κ3) is 4.70. The van der Waals surface area contributed by atoms with Crippen LogP contribution >= 0.6 is 11.6 Å². The molecule has 5 rings (SSSR count). The summed E-state index contributed by atoms with van der Waals surface area (Å²) in [6.45, 7) is 1.75. The molecule has 2 amide bonds. The van der Waals surface area contributed by atoms with Crippen LogP contribution in [-0.2, 0) is 13.1 Å². The van der Waals surface area contributed by atoms with Gasteiger partial charge in [-0.25, -0.2) is 32.9 Å². The number of nitrogens with one attached hydrogen (secondary N) is 2. The van der Waals surface area contributed by atoms with Gasteiger partial charge in [-0.3, -0.25) is 4.98 Å². The topological polar surface area (TPSA) is 115 Å². The lowest BCUT2D eigenvalue weighted by atomic mass is 10.2. The van der Waals surface area contributed by atoms with Gasteiger partial charge in [0, 0.05) is 11.5 Å². The molecule has 0 spiro atoms. The summed E-state index contributed by atoms with van der Waals surface area (Å²) in [7, 11) is 0. The van der Waals surface area contributed by atoms with Gasteiger partial charge in [-0.2, -0.15) is 10.2 Å². The molecule has 0 saturated carbocycles. The van der Waals surface area contributed by atoms with E-state index in [9.17, 15) is 13.6 Å². The van der Waals surface area contributed by atoms with Crippen molar-refractivity contribution in [1.82, 2.24) is 45.1 Å². The molecule has 3 heterocycles. The Kier molecular flexibility index (Phi) is 6.25. The van der Waals surface area contributed by atoms with Crippen LogP contribution in [-0.4, -0.2) is 40.5 Å². The third-order valence-electron chi connectivity index (χ3n) is 5.26. The second-order valence-corrected chi connectivity index (χ2v) is 8.12. The van der Waals surface area contributed by atoms with Crippen LogP contribution < -0.4 is 10.6 Å². The Labute approximate surface area is 208 Å². The molecule has 0 atom stereocenters. The van der Waals surface area contributed by atoms with Crippen molar-refractivity contribution in [1.29, 1.82) is 0 Å². The molecule has 0 fully saturated rings. The van der Waals surface area contributed by atoms with Crippen LogP contribution in [0.25, 0.3) is 22.3 Å². The first-order chi connectivity index (χ1) is 17.4. The zero-order valence-electron chi connectivity index (χ0n) is 18.8. The standard InChI is InChI=1S/C23H18ClF2N9O/c1-13-32-22(35(33-13)14-5-6-17(24)19(26)8-14)11-29-23(36)28-10-21-30-12-31-34(21)15-7-16-18(25)3-2-4-20(16)27-9-15/h2-9,12H,10-11H2,1H3,(H2,28,29,36). The normalized spacial score (nSPS) is 11.1. The lowest BCUT2D eigenvalue weighted by molar-refractivity contribution is 0.239. The Morgan fingerprint density at radius 3 is 2.58 bits per heavy atom.